The minimum absolute atomic E-state index is 0.303. The predicted molar refractivity (Wildman–Crippen MR) is 64.8 cm³/mol. The van der Waals surface area contributed by atoms with Crippen molar-refractivity contribution < 1.29 is 0 Å². The summed E-state index contributed by atoms with van der Waals surface area (Å²) >= 11 is 0. The Labute approximate surface area is 97.3 Å². The SMILES string of the molecule is Cc1ccccc1CNCC1(CC#N)CC1. The van der Waals surface area contributed by atoms with Gasteiger partial charge >= 0.3 is 0 Å². The first-order chi connectivity index (χ1) is 7.76. The summed E-state index contributed by atoms with van der Waals surface area (Å²) in [5, 5.41) is 12.2. The Hall–Kier alpha value is -1.33. The van der Waals surface area contributed by atoms with E-state index in [1.54, 1.807) is 0 Å². The van der Waals surface area contributed by atoms with Gasteiger partial charge in [-0.25, -0.2) is 0 Å². The molecule has 1 aliphatic rings. The van der Waals surface area contributed by atoms with Gasteiger partial charge in [-0.05, 0) is 36.3 Å². The van der Waals surface area contributed by atoms with Gasteiger partial charge in [0.1, 0.15) is 0 Å². The van der Waals surface area contributed by atoms with Crippen LogP contribution in [-0.4, -0.2) is 6.54 Å². The zero-order valence-electron chi connectivity index (χ0n) is 9.79. The molecule has 0 bridgehead atoms. The molecule has 0 aliphatic heterocycles. The fourth-order valence-electron chi connectivity index (χ4n) is 2.03. The Balaban J connectivity index is 1.81. The van der Waals surface area contributed by atoms with Crippen LogP contribution in [0.4, 0.5) is 0 Å². The summed E-state index contributed by atoms with van der Waals surface area (Å²) in [7, 11) is 0. The second kappa shape index (κ2) is 4.67. The second-order valence-corrected chi connectivity index (χ2v) is 4.86. The normalized spacial score (nSPS) is 16.8. The maximum absolute atomic E-state index is 8.72. The number of nitrogens with one attached hydrogen (secondary N) is 1. The fraction of sp³-hybridized carbons (Fsp3) is 0.500. The fourth-order valence-corrected chi connectivity index (χ4v) is 2.03. The highest BCUT2D eigenvalue weighted by Crippen LogP contribution is 2.47. The van der Waals surface area contributed by atoms with Gasteiger partial charge in [0.2, 0.25) is 0 Å². The highest BCUT2D eigenvalue weighted by molar-refractivity contribution is 5.25. The van der Waals surface area contributed by atoms with Gasteiger partial charge in [0.05, 0.1) is 6.07 Å². The van der Waals surface area contributed by atoms with Gasteiger partial charge in [-0.1, -0.05) is 24.3 Å². The Morgan fingerprint density at radius 3 is 2.75 bits per heavy atom. The van der Waals surface area contributed by atoms with Crippen LogP contribution in [-0.2, 0) is 6.54 Å². The van der Waals surface area contributed by atoms with Gasteiger partial charge in [0.15, 0.2) is 0 Å². The molecule has 2 rings (SSSR count). The first kappa shape index (κ1) is 11.2. The summed E-state index contributed by atoms with van der Waals surface area (Å²) < 4.78 is 0. The van der Waals surface area contributed by atoms with Crippen molar-refractivity contribution in [2.45, 2.75) is 32.7 Å². The molecule has 16 heavy (non-hydrogen) atoms. The van der Waals surface area contributed by atoms with Crippen molar-refractivity contribution in [3.63, 3.8) is 0 Å². The van der Waals surface area contributed by atoms with Crippen LogP contribution >= 0.6 is 0 Å². The molecule has 2 nitrogen and oxygen atoms in total. The van der Waals surface area contributed by atoms with Crippen molar-refractivity contribution in [3.8, 4) is 6.07 Å². The van der Waals surface area contributed by atoms with E-state index in [1.807, 2.05) is 0 Å². The summed E-state index contributed by atoms with van der Waals surface area (Å²) in [6.07, 6.45) is 3.12. The molecule has 1 fully saturated rings. The predicted octanol–water partition coefficient (Wildman–Crippen LogP) is 2.78. The lowest BCUT2D eigenvalue weighted by atomic mass is 10.0. The van der Waals surface area contributed by atoms with E-state index in [1.165, 1.54) is 24.0 Å². The minimum atomic E-state index is 0.303. The van der Waals surface area contributed by atoms with E-state index in [4.69, 9.17) is 5.26 Å². The Morgan fingerprint density at radius 2 is 2.12 bits per heavy atom. The molecule has 1 aromatic carbocycles. The Kier molecular flexibility index (Phi) is 3.26. The summed E-state index contributed by atoms with van der Waals surface area (Å²) in [6.45, 7) is 4.04. The average Bonchev–Trinajstić information content (AvgIpc) is 3.02. The zero-order chi connectivity index (χ0) is 11.4. The first-order valence-electron chi connectivity index (χ1n) is 5.88. The molecular formula is C14H18N2. The molecule has 0 unspecified atom stereocenters. The largest absolute Gasteiger partial charge is 0.312 e. The number of nitrogens with zero attached hydrogens (tertiary/aromatic N) is 1. The van der Waals surface area contributed by atoms with E-state index in [-0.39, 0.29) is 0 Å². The van der Waals surface area contributed by atoms with Crippen molar-refractivity contribution in [1.82, 2.24) is 5.32 Å². The van der Waals surface area contributed by atoms with Gasteiger partial charge in [-0.15, -0.1) is 0 Å². The highest BCUT2D eigenvalue weighted by Gasteiger charge is 2.41. The van der Waals surface area contributed by atoms with Crippen LogP contribution in [0.1, 0.15) is 30.4 Å². The number of hydrogen-bond acceptors (Lipinski definition) is 2. The van der Waals surface area contributed by atoms with Crippen LogP contribution in [0.5, 0.6) is 0 Å². The average molecular weight is 214 g/mol. The third-order valence-electron chi connectivity index (χ3n) is 3.49. The summed E-state index contributed by atoms with van der Waals surface area (Å²) in [6, 6.07) is 10.7. The Bertz CT molecular complexity index is 399. The molecule has 0 aromatic heterocycles. The van der Waals surface area contributed by atoms with Gasteiger partial charge in [0.25, 0.3) is 0 Å². The van der Waals surface area contributed by atoms with Gasteiger partial charge in [0, 0.05) is 19.5 Å². The molecule has 0 heterocycles. The summed E-state index contributed by atoms with van der Waals surface area (Å²) in [4.78, 5) is 0. The topological polar surface area (TPSA) is 35.8 Å². The van der Waals surface area contributed by atoms with Crippen LogP contribution in [0.15, 0.2) is 24.3 Å². The lowest BCUT2D eigenvalue weighted by Gasteiger charge is -2.13. The second-order valence-electron chi connectivity index (χ2n) is 4.86. The van der Waals surface area contributed by atoms with E-state index in [0.29, 0.717) is 11.8 Å². The molecule has 1 aromatic rings. The van der Waals surface area contributed by atoms with Gasteiger partial charge in [-0.3, -0.25) is 0 Å². The maximum Gasteiger partial charge on any atom is 0.0628 e. The molecule has 0 radical (unpaired) electrons. The van der Waals surface area contributed by atoms with E-state index in [9.17, 15) is 0 Å². The van der Waals surface area contributed by atoms with E-state index in [0.717, 1.165) is 13.1 Å². The minimum Gasteiger partial charge on any atom is -0.312 e. The number of rotatable bonds is 5. The lowest BCUT2D eigenvalue weighted by Crippen LogP contribution is -2.23. The van der Waals surface area contributed by atoms with Crippen LogP contribution in [0.2, 0.25) is 0 Å². The molecule has 0 amide bonds. The van der Waals surface area contributed by atoms with Gasteiger partial charge < -0.3 is 5.32 Å². The van der Waals surface area contributed by atoms with Crippen LogP contribution < -0.4 is 5.32 Å². The van der Waals surface area contributed by atoms with Crippen molar-refractivity contribution in [1.29, 1.82) is 5.26 Å². The molecule has 1 N–H and O–H groups in total. The number of nitriles is 1. The van der Waals surface area contributed by atoms with Crippen LogP contribution in [0, 0.1) is 23.7 Å². The smallest absolute Gasteiger partial charge is 0.0628 e. The van der Waals surface area contributed by atoms with E-state index < -0.39 is 0 Å². The van der Waals surface area contributed by atoms with E-state index in [2.05, 4.69) is 42.6 Å². The van der Waals surface area contributed by atoms with E-state index >= 15 is 0 Å². The maximum atomic E-state index is 8.72. The third-order valence-corrected chi connectivity index (χ3v) is 3.49. The molecule has 1 saturated carbocycles. The number of aryl methyl sites for hydroxylation is 1. The quantitative estimate of drug-likeness (QED) is 0.818. The monoisotopic (exact) mass is 214 g/mol. The number of benzene rings is 1. The standard InChI is InChI=1S/C14H18N2/c1-12-4-2-3-5-13(12)10-16-11-14(6-7-14)8-9-15/h2-5,16H,6-8,10-11H2,1H3. The molecule has 2 heteroatoms. The Morgan fingerprint density at radius 1 is 1.38 bits per heavy atom. The molecule has 84 valence electrons. The number of hydrogen-bond donors (Lipinski definition) is 1. The lowest BCUT2D eigenvalue weighted by molar-refractivity contribution is 0.466. The first-order valence-corrected chi connectivity index (χ1v) is 5.88. The molecule has 0 spiro atoms. The summed E-state index contributed by atoms with van der Waals surface area (Å²) in [5.74, 6) is 0. The third kappa shape index (κ3) is 2.62. The van der Waals surface area contributed by atoms with Crippen molar-refractivity contribution in [3.05, 3.63) is 35.4 Å². The zero-order valence-corrected chi connectivity index (χ0v) is 9.79. The van der Waals surface area contributed by atoms with Crippen LogP contribution in [0.25, 0.3) is 0 Å². The van der Waals surface area contributed by atoms with Crippen molar-refractivity contribution in [2.24, 2.45) is 5.41 Å². The van der Waals surface area contributed by atoms with Crippen LogP contribution in [0.3, 0.4) is 0 Å². The van der Waals surface area contributed by atoms with Crippen molar-refractivity contribution in [2.75, 3.05) is 6.54 Å². The van der Waals surface area contributed by atoms with Crippen molar-refractivity contribution >= 4 is 0 Å². The molecule has 1 aliphatic carbocycles. The summed E-state index contributed by atoms with van der Waals surface area (Å²) in [5.41, 5.74) is 2.99. The van der Waals surface area contributed by atoms with Gasteiger partial charge in [-0.2, -0.15) is 5.26 Å². The molecule has 0 saturated heterocycles. The highest BCUT2D eigenvalue weighted by atomic mass is 14.9. The molecular weight excluding hydrogens is 196 g/mol. The molecule has 0 atom stereocenters.